The lowest BCUT2D eigenvalue weighted by atomic mass is 10.1. The van der Waals surface area contributed by atoms with Crippen LogP contribution in [0, 0.1) is 0 Å². The molecule has 0 saturated carbocycles. The molecule has 1 aliphatic rings. The van der Waals surface area contributed by atoms with Crippen LogP contribution >= 0.6 is 12.4 Å². The Balaban J connectivity index is 0.00000288. The molecule has 1 aliphatic heterocycles. The van der Waals surface area contributed by atoms with Gasteiger partial charge in [0.1, 0.15) is 0 Å². The van der Waals surface area contributed by atoms with Gasteiger partial charge in [0, 0.05) is 26.2 Å². The van der Waals surface area contributed by atoms with Crippen molar-refractivity contribution in [3.8, 4) is 0 Å². The van der Waals surface area contributed by atoms with E-state index in [1.807, 2.05) is 23.1 Å². The summed E-state index contributed by atoms with van der Waals surface area (Å²) in [4.78, 5) is 14.1. The lowest BCUT2D eigenvalue weighted by molar-refractivity contribution is -0.132. The Morgan fingerprint density at radius 2 is 2.08 bits per heavy atom. The van der Waals surface area contributed by atoms with Crippen molar-refractivity contribution < 1.29 is 14.3 Å². The van der Waals surface area contributed by atoms with E-state index in [0.29, 0.717) is 39.3 Å². The summed E-state index contributed by atoms with van der Waals surface area (Å²) >= 11 is 0. The molecule has 1 aromatic carbocycles. The van der Waals surface area contributed by atoms with Crippen LogP contribution in [0.5, 0.6) is 0 Å². The Hall–Kier alpha value is -1.14. The molecule has 0 spiro atoms. The summed E-state index contributed by atoms with van der Waals surface area (Å²) in [6.07, 6.45) is 3.63. The number of hydrogen-bond acceptors (Lipinski definition) is 4. The highest BCUT2D eigenvalue weighted by molar-refractivity contribution is 5.85. The van der Waals surface area contributed by atoms with Crippen LogP contribution in [0.3, 0.4) is 0 Å². The summed E-state index contributed by atoms with van der Waals surface area (Å²) in [5.74, 6) is 0.110. The SMILES string of the molecule is Cl.NCCN(CCc1ccccc1)C(=O)CCOCC1CCCO1. The minimum Gasteiger partial charge on any atom is -0.378 e. The first-order chi connectivity index (χ1) is 11.3. The van der Waals surface area contributed by atoms with E-state index in [9.17, 15) is 4.79 Å². The average Bonchev–Trinajstić information content (AvgIpc) is 3.09. The summed E-state index contributed by atoms with van der Waals surface area (Å²) in [5.41, 5.74) is 6.87. The number of carbonyl (C=O) groups excluding carboxylic acids is 1. The van der Waals surface area contributed by atoms with Gasteiger partial charge in [-0.25, -0.2) is 0 Å². The van der Waals surface area contributed by atoms with E-state index < -0.39 is 0 Å². The maximum absolute atomic E-state index is 12.3. The molecular formula is C18H29ClN2O3. The van der Waals surface area contributed by atoms with Gasteiger partial charge in [0.2, 0.25) is 5.91 Å². The number of rotatable bonds is 10. The average molecular weight is 357 g/mol. The van der Waals surface area contributed by atoms with Crippen LogP contribution in [-0.2, 0) is 20.7 Å². The van der Waals surface area contributed by atoms with Gasteiger partial charge >= 0.3 is 0 Å². The zero-order chi connectivity index (χ0) is 16.3. The summed E-state index contributed by atoms with van der Waals surface area (Å²) in [5, 5.41) is 0. The molecule has 0 aromatic heterocycles. The van der Waals surface area contributed by atoms with Gasteiger partial charge in [0.25, 0.3) is 0 Å². The highest BCUT2D eigenvalue weighted by Gasteiger charge is 2.16. The van der Waals surface area contributed by atoms with Crippen molar-refractivity contribution in [2.45, 2.75) is 31.8 Å². The van der Waals surface area contributed by atoms with Crippen molar-refractivity contribution >= 4 is 18.3 Å². The third-order valence-electron chi connectivity index (χ3n) is 4.05. The van der Waals surface area contributed by atoms with Crippen molar-refractivity contribution in [2.75, 3.05) is 39.5 Å². The second kappa shape index (κ2) is 12.3. The van der Waals surface area contributed by atoms with Gasteiger partial charge in [0.15, 0.2) is 0 Å². The normalized spacial score (nSPS) is 16.6. The van der Waals surface area contributed by atoms with Gasteiger partial charge in [-0.05, 0) is 24.8 Å². The smallest absolute Gasteiger partial charge is 0.224 e. The van der Waals surface area contributed by atoms with Crippen LogP contribution in [0.4, 0.5) is 0 Å². The number of nitrogens with zero attached hydrogens (tertiary/aromatic N) is 1. The van der Waals surface area contributed by atoms with Crippen molar-refractivity contribution in [3.63, 3.8) is 0 Å². The fourth-order valence-corrected chi connectivity index (χ4v) is 2.73. The van der Waals surface area contributed by atoms with Gasteiger partial charge in [-0.1, -0.05) is 30.3 Å². The molecule has 1 atom stereocenters. The van der Waals surface area contributed by atoms with E-state index in [1.165, 1.54) is 5.56 Å². The minimum absolute atomic E-state index is 0. The zero-order valence-corrected chi connectivity index (χ0v) is 15.0. The third kappa shape index (κ3) is 7.62. The van der Waals surface area contributed by atoms with Gasteiger partial charge in [0.05, 0.1) is 25.7 Å². The van der Waals surface area contributed by atoms with Crippen molar-refractivity contribution in [1.82, 2.24) is 4.90 Å². The number of hydrogen-bond donors (Lipinski definition) is 1. The van der Waals surface area contributed by atoms with E-state index in [-0.39, 0.29) is 24.4 Å². The predicted octanol–water partition coefficient (Wildman–Crippen LogP) is 2.02. The van der Waals surface area contributed by atoms with Crippen LogP contribution in [-0.4, -0.2) is 56.4 Å². The fourth-order valence-electron chi connectivity index (χ4n) is 2.73. The standard InChI is InChI=1S/C18H28N2O3.ClH/c19-10-12-20(11-8-16-5-2-1-3-6-16)18(21)9-14-22-15-17-7-4-13-23-17;/h1-3,5-6,17H,4,7-15,19H2;1H. The number of benzene rings is 1. The molecule has 136 valence electrons. The fraction of sp³-hybridized carbons (Fsp3) is 0.611. The van der Waals surface area contributed by atoms with E-state index >= 15 is 0 Å². The maximum Gasteiger partial charge on any atom is 0.224 e. The molecule has 1 amide bonds. The molecule has 1 aromatic rings. The van der Waals surface area contributed by atoms with Crippen molar-refractivity contribution in [1.29, 1.82) is 0 Å². The van der Waals surface area contributed by atoms with Gasteiger partial charge in [-0.2, -0.15) is 0 Å². The van der Waals surface area contributed by atoms with Gasteiger partial charge < -0.3 is 20.1 Å². The van der Waals surface area contributed by atoms with E-state index in [1.54, 1.807) is 0 Å². The van der Waals surface area contributed by atoms with Gasteiger partial charge in [-0.3, -0.25) is 4.79 Å². The minimum atomic E-state index is 0. The molecule has 5 nitrogen and oxygen atoms in total. The molecule has 6 heteroatoms. The topological polar surface area (TPSA) is 64.8 Å². The molecule has 24 heavy (non-hydrogen) atoms. The number of halogens is 1. The Kier molecular flexibility index (Phi) is 10.7. The van der Waals surface area contributed by atoms with Crippen LogP contribution in [0.1, 0.15) is 24.8 Å². The second-order valence-corrected chi connectivity index (χ2v) is 5.87. The number of carbonyl (C=O) groups is 1. The van der Waals surface area contributed by atoms with Crippen LogP contribution < -0.4 is 5.73 Å². The molecule has 1 heterocycles. The van der Waals surface area contributed by atoms with Crippen LogP contribution in [0.15, 0.2) is 30.3 Å². The van der Waals surface area contributed by atoms with E-state index in [4.69, 9.17) is 15.2 Å². The largest absolute Gasteiger partial charge is 0.378 e. The Morgan fingerprint density at radius 3 is 2.75 bits per heavy atom. The van der Waals surface area contributed by atoms with Gasteiger partial charge in [-0.15, -0.1) is 12.4 Å². The third-order valence-corrected chi connectivity index (χ3v) is 4.05. The Morgan fingerprint density at radius 1 is 1.29 bits per heavy atom. The molecule has 0 aliphatic carbocycles. The first kappa shape index (κ1) is 20.9. The Bertz CT molecular complexity index is 453. The summed E-state index contributed by atoms with van der Waals surface area (Å²) in [6.45, 7) is 3.65. The van der Waals surface area contributed by atoms with Crippen molar-refractivity contribution in [2.24, 2.45) is 5.73 Å². The number of nitrogens with two attached hydrogens (primary N) is 1. The first-order valence-electron chi connectivity index (χ1n) is 8.50. The monoisotopic (exact) mass is 356 g/mol. The molecule has 1 fully saturated rings. The quantitative estimate of drug-likeness (QED) is 0.651. The first-order valence-corrected chi connectivity index (χ1v) is 8.50. The summed E-state index contributed by atoms with van der Waals surface area (Å²) in [6, 6.07) is 10.2. The zero-order valence-electron chi connectivity index (χ0n) is 14.2. The Labute approximate surface area is 150 Å². The van der Waals surface area contributed by atoms with E-state index in [2.05, 4.69) is 12.1 Å². The second-order valence-electron chi connectivity index (χ2n) is 5.87. The maximum atomic E-state index is 12.3. The van der Waals surface area contributed by atoms with Crippen LogP contribution in [0.25, 0.3) is 0 Å². The molecule has 0 radical (unpaired) electrons. The molecule has 0 bridgehead atoms. The number of ether oxygens (including phenoxy) is 2. The highest BCUT2D eigenvalue weighted by Crippen LogP contribution is 2.12. The molecule has 2 rings (SSSR count). The van der Waals surface area contributed by atoms with E-state index in [0.717, 1.165) is 25.9 Å². The molecule has 1 saturated heterocycles. The lowest BCUT2D eigenvalue weighted by Crippen LogP contribution is -2.37. The summed E-state index contributed by atoms with van der Waals surface area (Å²) in [7, 11) is 0. The molecule has 2 N–H and O–H groups in total. The predicted molar refractivity (Wildman–Crippen MR) is 97.4 cm³/mol. The van der Waals surface area contributed by atoms with Crippen molar-refractivity contribution in [3.05, 3.63) is 35.9 Å². The molecule has 1 unspecified atom stereocenters. The number of amides is 1. The van der Waals surface area contributed by atoms with Crippen LogP contribution in [0.2, 0.25) is 0 Å². The summed E-state index contributed by atoms with van der Waals surface area (Å²) < 4.78 is 11.1. The molecular weight excluding hydrogens is 328 g/mol. The lowest BCUT2D eigenvalue weighted by Gasteiger charge is -2.22. The highest BCUT2D eigenvalue weighted by atomic mass is 35.5.